The predicted octanol–water partition coefficient (Wildman–Crippen LogP) is 0.296. The molecule has 1 aromatic rings. The summed E-state index contributed by atoms with van der Waals surface area (Å²) in [7, 11) is -4.02. The summed E-state index contributed by atoms with van der Waals surface area (Å²) in [4.78, 5) is 9.98. The summed E-state index contributed by atoms with van der Waals surface area (Å²) in [6.45, 7) is 1.38. The number of rotatable bonds is 4. The molecule has 110 valence electrons. The second kappa shape index (κ2) is 5.69. The van der Waals surface area contributed by atoms with E-state index in [-0.39, 0.29) is 13.1 Å². The van der Waals surface area contributed by atoms with Crippen molar-refractivity contribution >= 4 is 21.6 Å². The van der Waals surface area contributed by atoms with Gasteiger partial charge in [-0.2, -0.15) is 12.7 Å². The second-order valence-corrected chi connectivity index (χ2v) is 5.82. The zero-order valence-corrected chi connectivity index (χ0v) is 11.2. The third kappa shape index (κ3) is 3.03. The summed E-state index contributed by atoms with van der Waals surface area (Å²) in [6, 6.07) is 3.15. The molecule has 0 bridgehead atoms. The molecule has 0 saturated carbocycles. The first-order chi connectivity index (χ1) is 9.42. The fourth-order valence-corrected chi connectivity index (χ4v) is 3.10. The molecule has 1 fully saturated rings. The average Bonchev–Trinajstić information content (AvgIpc) is 2.41. The predicted molar refractivity (Wildman–Crippen MR) is 70.0 cm³/mol. The van der Waals surface area contributed by atoms with Gasteiger partial charge in [0.2, 0.25) is 0 Å². The van der Waals surface area contributed by atoms with Crippen molar-refractivity contribution < 1.29 is 17.7 Å². The Labute approximate surface area is 114 Å². The van der Waals surface area contributed by atoms with Crippen LogP contribution in [-0.2, 0) is 10.2 Å². The van der Waals surface area contributed by atoms with Gasteiger partial charge in [0.25, 0.3) is 5.69 Å². The number of para-hydroxylation sites is 1. The van der Waals surface area contributed by atoms with Crippen molar-refractivity contribution in [3.05, 3.63) is 34.1 Å². The highest BCUT2D eigenvalue weighted by molar-refractivity contribution is 7.90. The maximum absolute atomic E-state index is 13.6. The van der Waals surface area contributed by atoms with Crippen molar-refractivity contribution in [2.24, 2.45) is 0 Å². The molecular formula is C10H13FN4O4S. The lowest BCUT2D eigenvalue weighted by Crippen LogP contribution is -2.48. The van der Waals surface area contributed by atoms with Gasteiger partial charge in [-0.3, -0.25) is 14.8 Å². The molecule has 1 aliphatic heterocycles. The van der Waals surface area contributed by atoms with Gasteiger partial charge in [0.1, 0.15) is 0 Å². The molecule has 0 amide bonds. The number of nitrogens with zero attached hydrogens (tertiary/aromatic N) is 2. The van der Waals surface area contributed by atoms with Crippen molar-refractivity contribution in [2.45, 2.75) is 0 Å². The van der Waals surface area contributed by atoms with Crippen LogP contribution >= 0.6 is 0 Å². The fraction of sp³-hybridized carbons (Fsp3) is 0.400. The van der Waals surface area contributed by atoms with Crippen LogP contribution in [0.25, 0.3) is 0 Å². The molecule has 2 N–H and O–H groups in total. The van der Waals surface area contributed by atoms with Crippen molar-refractivity contribution in [3.63, 3.8) is 0 Å². The van der Waals surface area contributed by atoms with Crippen LogP contribution in [0.5, 0.6) is 0 Å². The normalized spacial score (nSPS) is 16.9. The molecule has 1 saturated heterocycles. The third-order valence-electron chi connectivity index (χ3n) is 2.84. The van der Waals surface area contributed by atoms with E-state index in [1.807, 2.05) is 4.72 Å². The Morgan fingerprint density at radius 1 is 1.35 bits per heavy atom. The van der Waals surface area contributed by atoms with Crippen LogP contribution in [0, 0.1) is 15.9 Å². The number of hydrogen-bond donors (Lipinski definition) is 2. The number of benzene rings is 1. The zero-order valence-electron chi connectivity index (χ0n) is 10.4. The number of hydrogen-bond acceptors (Lipinski definition) is 5. The second-order valence-electron chi connectivity index (χ2n) is 4.15. The lowest BCUT2D eigenvalue weighted by Gasteiger charge is -2.26. The highest BCUT2D eigenvalue weighted by Crippen LogP contribution is 2.28. The Morgan fingerprint density at radius 2 is 2.00 bits per heavy atom. The summed E-state index contributed by atoms with van der Waals surface area (Å²) in [5, 5.41) is 13.8. The highest BCUT2D eigenvalue weighted by Gasteiger charge is 2.28. The van der Waals surface area contributed by atoms with Gasteiger partial charge in [0.05, 0.1) is 4.92 Å². The molecule has 0 radical (unpaired) electrons. The molecule has 10 heteroatoms. The smallest absolute Gasteiger partial charge is 0.302 e. The van der Waals surface area contributed by atoms with Crippen molar-refractivity contribution in [2.75, 3.05) is 30.9 Å². The summed E-state index contributed by atoms with van der Waals surface area (Å²) in [5.74, 6) is -0.988. The van der Waals surface area contributed by atoms with E-state index in [9.17, 15) is 22.9 Å². The standard InChI is InChI=1S/C10H13FN4O4S/c11-8-2-1-3-9(15(16)17)10(8)13-20(18,19)14-6-4-12-5-7-14/h1-3,12-13H,4-7H2. The van der Waals surface area contributed by atoms with E-state index < -0.39 is 32.3 Å². The largest absolute Gasteiger partial charge is 0.314 e. The molecule has 8 nitrogen and oxygen atoms in total. The summed E-state index contributed by atoms with van der Waals surface area (Å²) in [6.07, 6.45) is 0. The monoisotopic (exact) mass is 304 g/mol. The lowest BCUT2D eigenvalue weighted by molar-refractivity contribution is -0.384. The van der Waals surface area contributed by atoms with E-state index >= 15 is 0 Å². The number of nitrogens with one attached hydrogen (secondary N) is 2. The first-order valence-electron chi connectivity index (χ1n) is 5.83. The topological polar surface area (TPSA) is 105 Å². The molecule has 0 unspecified atom stereocenters. The van der Waals surface area contributed by atoms with Crippen LogP contribution in [0.2, 0.25) is 0 Å². The first-order valence-corrected chi connectivity index (χ1v) is 7.27. The van der Waals surface area contributed by atoms with Gasteiger partial charge in [-0.25, -0.2) is 4.39 Å². The summed E-state index contributed by atoms with van der Waals surface area (Å²) < 4.78 is 40.9. The molecule has 0 spiro atoms. The van der Waals surface area contributed by atoms with E-state index in [2.05, 4.69) is 5.32 Å². The van der Waals surface area contributed by atoms with E-state index in [4.69, 9.17) is 0 Å². The van der Waals surface area contributed by atoms with Crippen LogP contribution in [0.15, 0.2) is 18.2 Å². The van der Waals surface area contributed by atoms with Crippen LogP contribution in [-0.4, -0.2) is 43.8 Å². The number of anilines is 1. The fourth-order valence-electron chi connectivity index (χ4n) is 1.84. The SMILES string of the molecule is O=[N+]([O-])c1cccc(F)c1NS(=O)(=O)N1CCNCC1. The Kier molecular flexibility index (Phi) is 4.16. The Hall–Kier alpha value is -1.78. The number of nitro groups is 1. The van der Waals surface area contributed by atoms with Crippen molar-refractivity contribution in [1.82, 2.24) is 9.62 Å². The maximum atomic E-state index is 13.6. The van der Waals surface area contributed by atoms with E-state index in [0.717, 1.165) is 22.5 Å². The van der Waals surface area contributed by atoms with Crippen LogP contribution < -0.4 is 10.0 Å². The Bertz CT molecular complexity index is 616. The molecule has 1 aromatic carbocycles. The van der Waals surface area contributed by atoms with Gasteiger partial charge in [-0.1, -0.05) is 6.07 Å². The minimum absolute atomic E-state index is 0.220. The zero-order chi connectivity index (χ0) is 14.8. The molecule has 0 aromatic heterocycles. The number of halogens is 1. The number of piperazine rings is 1. The van der Waals surface area contributed by atoms with E-state index in [1.54, 1.807) is 0 Å². The summed E-state index contributed by atoms with van der Waals surface area (Å²) >= 11 is 0. The van der Waals surface area contributed by atoms with Crippen molar-refractivity contribution in [1.29, 1.82) is 0 Å². The van der Waals surface area contributed by atoms with Gasteiger partial charge >= 0.3 is 10.2 Å². The molecule has 0 atom stereocenters. The third-order valence-corrected chi connectivity index (χ3v) is 4.34. The van der Waals surface area contributed by atoms with E-state index in [0.29, 0.717) is 13.1 Å². The van der Waals surface area contributed by atoms with Gasteiger partial charge in [0.15, 0.2) is 11.5 Å². The molecule has 1 heterocycles. The highest BCUT2D eigenvalue weighted by atomic mass is 32.2. The van der Waals surface area contributed by atoms with Crippen LogP contribution in [0.1, 0.15) is 0 Å². The van der Waals surface area contributed by atoms with Gasteiger partial charge in [-0.15, -0.1) is 0 Å². The minimum atomic E-state index is -4.02. The maximum Gasteiger partial charge on any atom is 0.302 e. The van der Waals surface area contributed by atoms with Gasteiger partial charge in [0, 0.05) is 32.2 Å². The molecule has 1 aliphatic rings. The van der Waals surface area contributed by atoms with Gasteiger partial charge in [-0.05, 0) is 6.07 Å². The average molecular weight is 304 g/mol. The van der Waals surface area contributed by atoms with Crippen LogP contribution in [0.4, 0.5) is 15.8 Å². The Morgan fingerprint density at radius 3 is 2.60 bits per heavy atom. The van der Waals surface area contributed by atoms with Crippen LogP contribution in [0.3, 0.4) is 0 Å². The van der Waals surface area contributed by atoms with E-state index in [1.165, 1.54) is 0 Å². The van der Waals surface area contributed by atoms with Crippen molar-refractivity contribution in [3.8, 4) is 0 Å². The molecule has 2 rings (SSSR count). The molecular weight excluding hydrogens is 291 g/mol. The molecule has 20 heavy (non-hydrogen) atoms. The summed E-state index contributed by atoms with van der Waals surface area (Å²) in [5.41, 5.74) is -1.26. The molecule has 0 aliphatic carbocycles. The quantitative estimate of drug-likeness (QED) is 0.615. The number of nitro benzene ring substituents is 1. The minimum Gasteiger partial charge on any atom is -0.314 e. The Balaban J connectivity index is 2.31. The first kappa shape index (κ1) is 14.6. The van der Waals surface area contributed by atoms with Gasteiger partial charge < -0.3 is 5.32 Å². The lowest BCUT2D eigenvalue weighted by atomic mass is 10.2.